The summed E-state index contributed by atoms with van der Waals surface area (Å²) in [6, 6.07) is 0. The van der Waals surface area contributed by atoms with Crippen molar-refractivity contribution in [1.82, 2.24) is 4.57 Å². The van der Waals surface area contributed by atoms with Gasteiger partial charge in [-0.15, -0.1) is 0 Å². The van der Waals surface area contributed by atoms with Crippen molar-refractivity contribution in [3.05, 3.63) is 18.2 Å². The highest BCUT2D eigenvalue weighted by molar-refractivity contribution is 6.50. The zero-order valence-corrected chi connectivity index (χ0v) is 14.0. The van der Waals surface area contributed by atoms with Crippen LogP contribution in [0.5, 0.6) is 0 Å². The summed E-state index contributed by atoms with van der Waals surface area (Å²) in [4.78, 5) is 0. The van der Waals surface area contributed by atoms with Crippen LogP contribution < -0.4 is 4.57 Å². The second-order valence-corrected chi connectivity index (χ2v) is 5.62. The molecule has 1 aromatic heterocycles. The number of imidazole rings is 1. The highest BCUT2D eigenvalue weighted by Crippen LogP contribution is 2.09. The molecular formula is C15H29BF4N2. The van der Waals surface area contributed by atoms with Crippen LogP contribution in [0.15, 0.2) is 12.4 Å². The number of nitrogens with zero attached hydrogens (tertiary/aromatic N) is 2. The molecule has 7 heteroatoms. The maximum absolute atomic E-state index is 9.75. The Kier molecular flexibility index (Phi) is 11.0. The number of hydrogen-bond donors (Lipinski definition) is 0. The molecule has 2 nitrogen and oxygen atoms in total. The molecule has 0 atom stereocenters. The molecule has 0 radical (unpaired) electrons. The van der Waals surface area contributed by atoms with Gasteiger partial charge in [-0.3, -0.25) is 0 Å². The number of aryl methyl sites for hydroxylation is 2. The van der Waals surface area contributed by atoms with E-state index in [1.807, 2.05) is 0 Å². The van der Waals surface area contributed by atoms with E-state index in [9.17, 15) is 17.3 Å². The highest BCUT2D eigenvalue weighted by atomic mass is 19.5. The van der Waals surface area contributed by atoms with E-state index in [-0.39, 0.29) is 0 Å². The lowest BCUT2D eigenvalue weighted by molar-refractivity contribution is -0.677. The third-order valence-corrected chi connectivity index (χ3v) is 3.65. The van der Waals surface area contributed by atoms with Gasteiger partial charge < -0.3 is 17.3 Å². The van der Waals surface area contributed by atoms with Gasteiger partial charge >= 0.3 is 7.25 Å². The number of unbranched alkanes of at least 4 members (excludes halogenated alkanes) is 7. The van der Waals surface area contributed by atoms with Gasteiger partial charge in [-0.05, 0) is 12.8 Å². The molecule has 0 fully saturated rings. The predicted octanol–water partition coefficient (Wildman–Crippen LogP) is 5.06. The molecule has 1 heterocycles. The van der Waals surface area contributed by atoms with Gasteiger partial charge in [-0.2, -0.15) is 0 Å². The van der Waals surface area contributed by atoms with E-state index >= 15 is 0 Å². The molecule has 0 aliphatic carbocycles. The molecule has 1 rings (SSSR count). The first-order chi connectivity index (χ1) is 10.3. The minimum atomic E-state index is -6.00. The van der Waals surface area contributed by atoms with Gasteiger partial charge in [0.05, 0.1) is 13.6 Å². The lowest BCUT2D eigenvalue weighted by atomic mass is 10.1. The topological polar surface area (TPSA) is 8.81 Å². The molecule has 0 bridgehead atoms. The van der Waals surface area contributed by atoms with Gasteiger partial charge in [0, 0.05) is 6.92 Å². The molecule has 22 heavy (non-hydrogen) atoms. The minimum Gasteiger partial charge on any atom is -0.418 e. The van der Waals surface area contributed by atoms with Gasteiger partial charge in [-0.25, -0.2) is 9.13 Å². The number of aromatic nitrogens is 2. The first-order valence-electron chi connectivity index (χ1n) is 8.14. The first-order valence-corrected chi connectivity index (χ1v) is 8.14. The first kappa shape index (κ1) is 21.0. The smallest absolute Gasteiger partial charge is 0.418 e. The largest absolute Gasteiger partial charge is 0.673 e. The van der Waals surface area contributed by atoms with Crippen LogP contribution >= 0.6 is 0 Å². The van der Waals surface area contributed by atoms with E-state index in [1.165, 1.54) is 63.7 Å². The zero-order valence-electron chi connectivity index (χ0n) is 14.0. The molecule has 0 unspecified atom stereocenters. The molecule has 1 aromatic rings. The fourth-order valence-electron chi connectivity index (χ4n) is 2.25. The van der Waals surface area contributed by atoms with Crippen LogP contribution in [0.3, 0.4) is 0 Å². The summed E-state index contributed by atoms with van der Waals surface area (Å²) in [5, 5.41) is 0. The van der Waals surface area contributed by atoms with Gasteiger partial charge in [-0.1, -0.05) is 45.4 Å². The van der Waals surface area contributed by atoms with Crippen LogP contribution in [0.2, 0.25) is 0 Å². The van der Waals surface area contributed by atoms with Crippen molar-refractivity contribution >= 4 is 7.25 Å². The van der Waals surface area contributed by atoms with Crippen molar-refractivity contribution in [2.45, 2.75) is 71.8 Å². The van der Waals surface area contributed by atoms with Crippen molar-refractivity contribution in [3.8, 4) is 0 Å². The summed E-state index contributed by atoms with van der Waals surface area (Å²) in [5.74, 6) is 1.35. The van der Waals surface area contributed by atoms with Gasteiger partial charge in [0.1, 0.15) is 12.4 Å². The summed E-state index contributed by atoms with van der Waals surface area (Å²) in [6.45, 7) is 5.64. The van der Waals surface area contributed by atoms with Crippen LogP contribution in [-0.4, -0.2) is 11.8 Å². The quantitative estimate of drug-likeness (QED) is 0.260. The summed E-state index contributed by atoms with van der Waals surface area (Å²) in [7, 11) is -3.89. The van der Waals surface area contributed by atoms with E-state index in [0.717, 1.165) is 0 Å². The Morgan fingerprint density at radius 1 is 0.955 bits per heavy atom. The summed E-state index contributed by atoms with van der Waals surface area (Å²) in [6.07, 6.45) is 15.5. The fraction of sp³-hybridized carbons (Fsp3) is 0.800. The Labute approximate surface area is 131 Å². The van der Waals surface area contributed by atoms with Gasteiger partial charge in [0.25, 0.3) is 5.82 Å². The molecule has 0 saturated heterocycles. The van der Waals surface area contributed by atoms with E-state index in [0.29, 0.717) is 0 Å². The molecular weight excluding hydrogens is 295 g/mol. The van der Waals surface area contributed by atoms with E-state index in [2.05, 4.69) is 42.4 Å². The fourth-order valence-corrected chi connectivity index (χ4v) is 2.25. The lowest BCUT2D eigenvalue weighted by Crippen LogP contribution is -2.29. The average molecular weight is 324 g/mol. The Bertz CT molecular complexity index is 385. The standard InChI is InChI=1S/C15H29N2.BF4/c1-4-5-6-7-8-9-10-11-12-17-14-13-16(3)15(17)2;2-1(3,4)5/h13-14H,4-12H2,1-3H3;/q+1;-1. The van der Waals surface area contributed by atoms with Crippen LogP contribution in [0, 0.1) is 6.92 Å². The van der Waals surface area contributed by atoms with Crippen LogP contribution in [0.1, 0.15) is 64.1 Å². The van der Waals surface area contributed by atoms with Crippen molar-refractivity contribution in [3.63, 3.8) is 0 Å². The third kappa shape index (κ3) is 12.7. The molecule has 0 N–H and O–H groups in total. The molecule has 0 amide bonds. The van der Waals surface area contributed by atoms with Crippen molar-refractivity contribution in [1.29, 1.82) is 0 Å². The third-order valence-electron chi connectivity index (χ3n) is 3.65. The molecule has 0 aromatic carbocycles. The maximum atomic E-state index is 9.75. The second kappa shape index (κ2) is 11.5. The average Bonchev–Trinajstić information content (AvgIpc) is 2.72. The Morgan fingerprint density at radius 2 is 1.41 bits per heavy atom. The maximum Gasteiger partial charge on any atom is 0.673 e. The molecule has 130 valence electrons. The molecule has 0 aliphatic rings. The van der Waals surface area contributed by atoms with Crippen molar-refractivity contribution < 1.29 is 21.8 Å². The highest BCUT2D eigenvalue weighted by Gasteiger charge is 2.20. The van der Waals surface area contributed by atoms with Crippen LogP contribution in [-0.2, 0) is 13.6 Å². The summed E-state index contributed by atoms with van der Waals surface area (Å²) < 4.78 is 43.5. The molecule has 0 saturated carbocycles. The Hall–Kier alpha value is -1.01. The van der Waals surface area contributed by atoms with Crippen molar-refractivity contribution in [2.75, 3.05) is 0 Å². The number of halogens is 4. The number of hydrogen-bond acceptors (Lipinski definition) is 0. The van der Waals surface area contributed by atoms with Crippen LogP contribution in [0.4, 0.5) is 17.3 Å². The summed E-state index contributed by atoms with van der Waals surface area (Å²) in [5.41, 5.74) is 0. The van der Waals surface area contributed by atoms with E-state index in [1.54, 1.807) is 0 Å². The SMILES string of the molecule is CCCCCCCCCCn1cc[n+](C)c1C.F[B-](F)(F)F. The Balaban J connectivity index is 0.000000763. The monoisotopic (exact) mass is 324 g/mol. The minimum absolute atomic E-state index is 1.18. The van der Waals surface area contributed by atoms with Crippen molar-refractivity contribution in [2.24, 2.45) is 7.05 Å². The zero-order chi connectivity index (χ0) is 17.0. The van der Waals surface area contributed by atoms with E-state index in [4.69, 9.17) is 0 Å². The molecule has 0 aliphatic heterocycles. The van der Waals surface area contributed by atoms with E-state index < -0.39 is 7.25 Å². The normalized spacial score (nSPS) is 11.2. The Morgan fingerprint density at radius 3 is 1.82 bits per heavy atom. The molecule has 0 spiro atoms. The predicted molar refractivity (Wildman–Crippen MR) is 83.1 cm³/mol. The van der Waals surface area contributed by atoms with Gasteiger partial charge in [0.2, 0.25) is 0 Å². The lowest BCUT2D eigenvalue weighted by Gasteiger charge is -2.01. The number of rotatable bonds is 9. The van der Waals surface area contributed by atoms with Gasteiger partial charge in [0.15, 0.2) is 0 Å². The summed E-state index contributed by atoms with van der Waals surface area (Å²) >= 11 is 0. The van der Waals surface area contributed by atoms with Crippen LogP contribution in [0.25, 0.3) is 0 Å². The second-order valence-electron chi connectivity index (χ2n) is 5.62.